The van der Waals surface area contributed by atoms with Gasteiger partial charge in [0.05, 0.1) is 10.5 Å². The van der Waals surface area contributed by atoms with Crippen LogP contribution in [0.15, 0.2) is 29.2 Å². The van der Waals surface area contributed by atoms with Crippen LogP contribution in [0.3, 0.4) is 0 Å². The molecule has 24 heavy (non-hydrogen) atoms. The highest BCUT2D eigenvalue weighted by Crippen LogP contribution is 2.29. The Bertz CT molecular complexity index is 650. The highest BCUT2D eigenvalue weighted by atomic mass is 32.2. The highest BCUT2D eigenvalue weighted by Gasteiger charge is 2.32. The van der Waals surface area contributed by atoms with Crippen LogP contribution in [0.1, 0.15) is 24.8 Å². The molecule has 0 saturated carbocycles. The first-order valence-electron chi connectivity index (χ1n) is 8.03. The molecular formula is C17H25NO4S2. The molecule has 0 spiro atoms. The molecule has 0 radical (unpaired) electrons. The lowest BCUT2D eigenvalue weighted by molar-refractivity contribution is -0.122. The lowest BCUT2D eigenvalue weighted by Crippen LogP contribution is -2.46. The number of amides is 1. The van der Waals surface area contributed by atoms with Crippen LogP contribution < -0.4 is 5.32 Å². The number of rotatable bonds is 7. The number of methoxy groups -OCH3 is 1. The van der Waals surface area contributed by atoms with Gasteiger partial charge in [-0.1, -0.05) is 12.1 Å². The van der Waals surface area contributed by atoms with Gasteiger partial charge in [-0.2, -0.15) is 11.8 Å². The van der Waals surface area contributed by atoms with Crippen molar-refractivity contribution in [1.82, 2.24) is 5.32 Å². The van der Waals surface area contributed by atoms with Crippen molar-refractivity contribution in [3.8, 4) is 0 Å². The zero-order chi connectivity index (χ0) is 17.6. The smallest absolute Gasteiger partial charge is 0.220 e. The molecule has 1 aromatic rings. The number of hydrogen-bond acceptors (Lipinski definition) is 5. The summed E-state index contributed by atoms with van der Waals surface area (Å²) in [6, 6.07) is 6.70. The minimum atomic E-state index is -3.18. The van der Waals surface area contributed by atoms with Crippen molar-refractivity contribution >= 4 is 27.5 Å². The van der Waals surface area contributed by atoms with Crippen LogP contribution >= 0.6 is 11.8 Å². The fourth-order valence-corrected chi connectivity index (χ4v) is 4.57. The topological polar surface area (TPSA) is 72.5 Å². The molecule has 1 fully saturated rings. The van der Waals surface area contributed by atoms with E-state index in [0.29, 0.717) is 24.3 Å². The van der Waals surface area contributed by atoms with Crippen molar-refractivity contribution in [2.75, 3.05) is 31.4 Å². The number of ether oxygens (including phenoxy) is 1. The highest BCUT2D eigenvalue weighted by molar-refractivity contribution is 7.99. The Morgan fingerprint density at radius 3 is 2.42 bits per heavy atom. The predicted octanol–water partition coefficient (Wildman–Crippen LogP) is 2.05. The van der Waals surface area contributed by atoms with Gasteiger partial charge in [0, 0.05) is 26.3 Å². The van der Waals surface area contributed by atoms with Crippen LogP contribution in [-0.2, 0) is 25.8 Å². The maximum Gasteiger partial charge on any atom is 0.220 e. The number of nitrogens with one attached hydrogen (secondary N) is 1. The summed E-state index contributed by atoms with van der Waals surface area (Å²) in [7, 11) is -1.46. The first-order valence-corrected chi connectivity index (χ1v) is 11.1. The number of aryl methyl sites for hydroxylation is 1. The van der Waals surface area contributed by atoms with E-state index in [1.54, 1.807) is 31.4 Å². The van der Waals surface area contributed by atoms with Crippen molar-refractivity contribution in [3.63, 3.8) is 0 Å². The van der Waals surface area contributed by atoms with Gasteiger partial charge in [0.25, 0.3) is 0 Å². The Morgan fingerprint density at radius 2 is 1.88 bits per heavy atom. The van der Waals surface area contributed by atoms with E-state index >= 15 is 0 Å². The number of benzene rings is 1. The third-order valence-electron chi connectivity index (χ3n) is 4.44. The molecule has 0 bridgehead atoms. The van der Waals surface area contributed by atoms with Crippen LogP contribution in [-0.4, -0.2) is 51.3 Å². The molecule has 5 nitrogen and oxygen atoms in total. The first kappa shape index (κ1) is 19.3. The maximum atomic E-state index is 12.1. The van der Waals surface area contributed by atoms with Gasteiger partial charge in [-0.05, 0) is 48.5 Å². The molecule has 1 amide bonds. The number of sulfone groups is 1. The molecule has 1 aliphatic rings. The van der Waals surface area contributed by atoms with E-state index in [4.69, 9.17) is 4.74 Å². The minimum absolute atomic E-state index is 0.00292. The second kappa shape index (κ2) is 8.36. The third-order valence-corrected chi connectivity index (χ3v) is 6.55. The number of thioether (sulfide) groups is 1. The second-order valence-electron chi connectivity index (χ2n) is 6.19. The van der Waals surface area contributed by atoms with E-state index in [2.05, 4.69) is 5.32 Å². The molecule has 0 aliphatic carbocycles. The Hall–Kier alpha value is -1.05. The molecule has 1 aliphatic heterocycles. The molecule has 1 saturated heterocycles. The standard InChI is InChI=1S/C17H25NO4S2/c1-22-17(9-11-23-12-10-17)13-18-16(19)8-5-14-3-6-15(7-4-14)24(2,20)21/h3-4,6-7H,5,8-13H2,1-2H3,(H,18,19). The Balaban J connectivity index is 1.80. The van der Waals surface area contributed by atoms with Crippen LogP contribution in [0.2, 0.25) is 0 Å². The first-order chi connectivity index (χ1) is 11.3. The summed E-state index contributed by atoms with van der Waals surface area (Å²) >= 11 is 1.92. The van der Waals surface area contributed by atoms with E-state index in [-0.39, 0.29) is 11.5 Å². The van der Waals surface area contributed by atoms with Gasteiger partial charge in [0.2, 0.25) is 5.91 Å². The summed E-state index contributed by atoms with van der Waals surface area (Å²) in [6.45, 7) is 0.551. The summed E-state index contributed by atoms with van der Waals surface area (Å²) < 4.78 is 28.5. The third kappa shape index (κ3) is 5.50. The Kier molecular flexibility index (Phi) is 6.71. The van der Waals surface area contributed by atoms with Crippen LogP contribution in [0.5, 0.6) is 0 Å². The molecule has 2 rings (SSSR count). The van der Waals surface area contributed by atoms with Gasteiger partial charge in [-0.25, -0.2) is 8.42 Å². The lowest BCUT2D eigenvalue weighted by Gasteiger charge is -2.35. The fraction of sp³-hybridized carbons (Fsp3) is 0.588. The monoisotopic (exact) mass is 371 g/mol. The van der Waals surface area contributed by atoms with Gasteiger partial charge in [0.1, 0.15) is 0 Å². The van der Waals surface area contributed by atoms with Crippen molar-refractivity contribution in [1.29, 1.82) is 0 Å². The van der Waals surface area contributed by atoms with Gasteiger partial charge < -0.3 is 10.1 Å². The van der Waals surface area contributed by atoms with Crippen molar-refractivity contribution < 1.29 is 17.9 Å². The quantitative estimate of drug-likeness (QED) is 0.794. The fourth-order valence-electron chi connectivity index (χ4n) is 2.71. The Labute approximate surface area is 148 Å². The molecule has 1 N–H and O–H groups in total. The van der Waals surface area contributed by atoms with E-state index in [9.17, 15) is 13.2 Å². The Morgan fingerprint density at radius 1 is 1.25 bits per heavy atom. The molecule has 7 heteroatoms. The van der Waals surface area contributed by atoms with Gasteiger partial charge >= 0.3 is 0 Å². The molecule has 0 unspecified atom stereocenters. The number of hydrogen-bond donors (Lipinski definition) is 1. The van der Waals surface area contributed by atoms with E-state index in [1.165, 1.54) is 6.26 Å². The molecular weight excluding hydrogens is 346 g/mol. The average molecular weight is 372 g/mol. The molecule has 134 valence electrons. The normalized spacial score (nSPS) is 17.4. The van der Waals surface area contributed by atoms with Gasteiger partial charge in [-0.15, -0.1) is 0 Å². The second-order valence-corrected chi connectivity index (χ2v) is 9.43. The van der Waals surface area contributed by atoms with Gasteiger partial charge in [0.15, 0.2) is 9.84 Å². The van der Waals surface area contributed by atoms with Crippen molar-refractivity contribution in [3.05, 3.63) is 29.8 Å². The van der Waals surface area contributed by atoms with Crippen LogP contribution in [0, 0.1) is 0 Å². The van der Waals surface area contributed by atoms with E-state index in [1.807, 2.05) is 11.8 Å². The zero-order valence-corrected chi connectivity index (χ0v) is 15.8. The average Bonchev–Trinajstić information content (AvgIpc) is 2.58. The summed E-state index contributed by atoms with van der Waals surface area (Å²) in [5.74, 6) is 2.13. The van der Waals surface area contributed by atoms with Crippen LogP contribution in [0.25, 0.3) is 0 Å². The lowest BCUT2D eigenvalue weighted by atomic mass is 9.96. The summed E-state index contributed by atoms with van der Waals surface area (Å²) in [4.78, 5) is 12.4. The molecule has 1 aromatic carbocycles. The summed E-state index contributed by atoms with van der Waals surface area (Å²) in [5, 5.41) is 2.98. The number of carbonyl (C=O) groups excluding carboxylic acids is 1. The predicted molar refractivity (Wildman–Crippen MR) is 97.2 cm³/mol. The minimum Gasteiger partial charge on any atom is -0.376 e. The molecule has 0 atom stereocenters. The van der Waals surface area contributed by atoms with Crippen molar-refractivity contribution in [2.24, 2.45) is 0 Å². The summed E-state index contributed by atoms with van der Waals surface area (Å²) in [6.07, 6.45) is 4.08. The maximum absolute atomic E-state index is 12.1. The molecule has 0 aromatic heterocycles. The van der Waals surface area contributed by atoms with E-state index < -0.39 is 9.84 Å². The largest absolute Gasteiger partial charge is 0.376 e. The summed E-state index contributed by atoms with van der Waals surface area (Å²) in [5.41, 5.74) is 0.728. The van der Waals surface area contributed by atoms with E-state index in [0.717, 1.165) is 29.9 Å². The van der Waals surface area contributed by atoms with Crippen LogP contribution in [0.4, 0.5) is 0 Å². The zero-order valence-electron chi connectivity index (χ0n) is 14.2. The number of carbonyl (C=O) groups is 1. The van der Waals surface area contributed by atoms with Crippen molar-refractivity contribution in [2.45, 2.75) is 36.2 Å². The van der Waals surface area contributed by atoms with Gasteiger partial charge in [-0.3, -0.25) is 4.79 Å². The molecule has 1 heterocycles. The SMILES string of the molecule is COC1(CNC(=O)CCc2ccc(S(C)(=O)=O)cc2)CCSCC1.